The summed E-state index contributed by atoms with van der Waals surface area (Å²) in [4.78, 5) is 41.8. The molecule has 0 bridgehead atoms. The van der Waals surface area contributed by atoms with E-state index in [2.05, 4.69) is 16.0 Å². The number of aliphatic hydroxyl groups is 1. The van der Waals surface area contributed by atoms with Crippen molar-refractivity contribution in [2.75, 3.05) is 19.7 Å². The fourth-order valence-electron chi connectivity index (χ4n) is 4.93. The Morgan fingerprint density at radius 1 is 1.13 bits per heavy atom. The Kier molecular flexibility index (Phi) is 8.93. The van der Waals surface area contributed by atoms with Gasteiger partial charge in [0.25, 0.3) is 0 Å². The van der Waals surface area contributed by atoms with E-state index in [1.807, 2.05) is 41.5 Å². The Morgan fingerprint density at radius 2 is 1.82 bits per heavy atom. The van der Waals surface area contributed by atoms with E-state index in [1.165, 1.54) is 11.0 Å². The topological polar surface area (TPSA) is 123 Å². The van der Waals surface area contributed by atoms with Crippen LogP contribution in [0.2, 0.25) is 0 Å². The largest absolute Gasteiger partial charge is 0.466 e. The Hall–Kier alpha value is -2.92. The summed E-state index contributed by atoms with van der Waals surface area (Å²) in [5, 5.41) is 20.0. The van der Waals surface area contributed by atoms with Gasteiger partial charge >= 0.3 is 18.0 Å². The van der Waals surface area contributed by atoms with Crippen molar-refractivity contribution in [2.45, 2.75) is 85.4 Å². The molecule has 0 spiro atoms. The molecule has 4 N–H and O–H groups in total. The lowest BCUT2D eigenvalue weighted by molar-refractivity contribution is -0.148. The van der Waals surface area contributed by atoms with Gasteiger partial charge in [-0.25, -0.2) is 14.0 Å². The fraction of sp³-hybridized carbons (Fsp3) is 0.667. The molecule has 1 aromatic carbocycles. The summed E-state index contributed by atoms with van der Waals surface area (Å²) in [5.41, 5.74) is 0.243. The first kappa shape index (κ1) is 29.6. The number of urea groups is 2. The van der Waals surface area contributed by atoms with Crippen LogP contribution in [0.25, 0.3) is 0 Å². The number of hydrogen-bond donors (Lipinski definition) is 4. The van der Waals surface area contributed by atoms with Crippen LogP contribution in [0.4, 0.5) is 14.0 Å². The highest BCUT2D eigenvalue weighted by atomic mass is 19.1. The van der Waals surface area contributed by atoms with Crippen molar-refractivity contribution in [3.63, 3.8) is 0 Å². The fourth-order valence-corrected chi connectivity index (χ4v) is 4.93. The van der Waals surface area contributed by atoms with E-state index in [0.29, 0.717) is 5.56 Å². The van der Waals surface area contributed by atoms with Crippen molar-refractivity contribution in [1.29, 1.82) is 0 Å². The van der Waals surface area contributed by atoms with Gasteiger partial charge in [-0.1, -0.05) is 32.9 Å². The second-order valence-corrected chi connectivity index (χ2v) is 12.2. The molecular weight excluding hydrogens is 493 g/mol. The number of amides is 4. The van der Waals surface area contributed by atoms with Gasteiger partial charge in [0.15, 0.2) is 0 Å². The summed E-state index contributed by atoms with van der Waals surface area (Å²) in [6, 6.07) is 2.61. The molecule has 4 atom stereocenters. The molecule has 1 saturated heterocycles. The van der Waals surface area contributed by atoms with Gasteiger partial charge in [-0.3, -0.25) is 9.69 Å². The molecule has 38 heavy (non-hydrogen) atoms. The normalized spacial score (nSPS) is 21.4. The Morgan fingerprint density at radius 3 is 2.39 bits per heavy atom. The van der Waals surface area contributed by atoms with Gasteiger partial charge in [-0.2, -0.15) is 0 Å². The number of benzene rings is 1. The minimum Gasteiger partial charge on any atom is -0.466 e. The molecule has 10 nitrogen and oxygen atoms in total. The predicted octanol–water partition coefficient (Wildman–Crippen LogP) is 2.55. The van der Waals surface area contributed by atoms with Crippen molar-refractivity contribution in [3.8, 4) is 0 Å². The number of aliphatic hydroxyl groups excluding tert-OH is 1. The van der Waals surface area contributed by atoms with Crippen LogP contribution in [0.5, 0.6) is 0 Å². The zero-order valence-electron chi connectivity index (χ0n) is 23.4. The lowest BCUT2D eigenvalue weighted by atomic mass is 9.85. The first-order chi connectivity index (χ1) is 17.6. The number of halogens is 1. The average molecular weight is 536 g/mol. The molecule has 2 heterocycles. The molecule has 0 radical (unpaired) electrons. The highest BCUT2D eigenvalue weighted by Gasteiger charge is 2.46. The summed E-state index contributed by atoms with van der Waals surface area (Å²) in [7, 11) is 0. The molecule has 1 unspecified atom stereocenters. The van der Waals surface area contributed by atoms with Crippen LogP contribution in [0, 0.1) is 17.2 Å². The van der Waals surface area contributed by atoms with Gasteiger partial charge in [-0.15, -0.1) is 0 Å². The second-order valence-electron chi connectivity index (χ2n) is 12.2. The third-order valence-electron chi connectivity index (χ3n) is 6.84. The van der Waals surface area contributed by atoms with E-state index < -0.39 is 53.2 Å². The van der Waals surface area contributed by atoms with Crippen molar-refractivity contribution in [1.82, 2.24) is 25.8 Å². The van der Waals surface area contributed by atoms with Crippen LogP contribution in [-0.4, -0.2) is 76.5 Å². The number of nitrogens with one attached hydrogen (secondary N) is 3. The van der Waals surface area contributed by atoms with E-state index in [-0.39, 0.29) is 38.6 Å². The molecule has 0 aliphatic carbocycles. The minimum absolute atomic E-state index is 0.134. The quantitative estimate of drug-likeness (QED) is 0.415. The third-order valence-corrected chi connectivity index (χ3v) is 6.84. The summed E-state index contributed by atoms with van der Waals surface area (Å²) in [6.07, 6.45) is -1.13. The molecule has 2 aliphatic heterocycles. The standard InChI is InChI=1S/C27H42FN5O5/c1-8-38-23(35)18-14-32(22(34)21(26(2,3)4)30-24(36)31-27(5,6)7)15-20(18)29-25(37)33-12-16-10-9-11-19(28)17(16)13-33/h9-11,18,20-22,34H,8,12-15H2,1-7H3,(H,29,37)(H2,30,31,36)/t18-,20-,21+,22?/m0/s1. The van der Waals surface area contributed by atoms with Crippen LogP contribution < -0.4 is 16.0 Å². The van der Waals surface area contributed by atoms with E-state index in [9.17, 15) is 23.9 Å². The summed E-state index contributed by atoms with van der Waals surface area (Å²) in [5.74, 6) is -1.55. The summed E-state index contributed by atoms with van der Waals surface area (Å²) < 4.78 is 19.5. The molecule has 11 heteroatoms. The zero-order chi connectivity index (χ0) is 28.4. The number of likely N-dealkylation sites (tertiary alicyclic amines) is 1. The Balaban J connectivity index is 1.75. The van der Waals surface area contributed by atoms with Gasteiger partial charge in [0.2, 0.25) is 0 Å². The lowest BCUT2D eigenvalue weighted by Gasteiger charge is -2.39. The maximum Gasteiger partial charge on any atom is 0.318 e. The number of fused-ring (bicyclic) bond motifs is 1. The van der Waals surface area contributed by atoms with Crippen LogP contribution in [0.3, 0.4) is 0 Å². The molecule has 3 rings (SSSR count). The average Bonchev–Trinajstić information content (AvgIpc) is 3.41. The molecule has 2 aliphatic rings. The maximum atomic E-state index is 14.2. The van der Waals surface area contributed by atoms with Crippen LogP contribution in [-0.2, 0) is 22.6 Å². The first-order valence-corrected chi connectivity index (χ1v) is 13.1. The zero-order valence-corrected chi connectivity index (χ0v) is 23.4. The van der Waals surface area contributed by atoms with Gasteiger partial charge in [0.1, 0.15) is 12.0 Å². The van der Waals surface area contributed by atoms with E-state index in [1.54, 1.807) is 24.0 Å². The first-order valence-electron chi connectivity index (χ1n) is 13.1. The molecule has 4 amide bonds. The van der Waals surface area contributed by atoms with Gasteiger partial charge in [0.05, 0.1) is 31.2 Å². The van der Waals surface area contributed by atoms with Gasteiger partial charge in [-0.05, 0) is 44.7 Å². The highest BCUT2D eigenvalue weighted by molar-refractivity contribution is 5.79. The SMILES string of the molecule is CCOC(=O)[C@H]1CN(C(O)[C@@H](NC(=O)NC(C)(C)C)C(C)(C)C)C[C@@H]1NC(=O)N1Cc2cccc(F)c2C1. The predicted molar refractivity (Wildman–Crippen MR) is 140 cm³/mol. The number of ether oxygens (including phenoxy) is 1. The van der Waals surface area contributed by atoms with E-state index in [0.717, 1.165) is 5.56 Å². The molecule has 1 fully saturated rings. The van der Waals surface area contributed by atoms with Gasteiger partial charge in [0, 0.05) is 30.7 Å². The molecular formula is C27H42FN5O5. The molecule has 0 saturated carbocycles. The van der Waals surface area contributed by atoms with Crippen LogP contribution in [0.15, 0.2) is 18.2 Å². The number of carbonyl (C=O) groups excluding carboxylic acids is 3. The molecule has 0 aromatic heterocycles. The van der Waals surface area contributed by atoms with E-state index >= 15 is 0 Å². The minimum atomic E-state index is -1.13. The maximum absolute atomic E-state index is 14.2. The summed E-state index contributed by atoms with van der Waals surface area (Å²) in [6.45, 7) is 13.9. The van der Waals surface area contributed by atoms with Crippen molar-refractivity contribution >= 4 is 18.0 Å². The highest BCUT2D eigenvalue weighted by Crippen LogP contribution is 2.29. The van der Waals surface area contributed by atoms with Crippen LogP contribution in [0.1, 0.15) is 59.6 Å². The van der Waals surface area contributed by atoms with Crippen molar-refractivity contribution < 1.29 is 28.6 Å². The smallest absolute Gasteiger partial charge is 0.318 e. The third kappa shape index (κ3) is 7.13. The summed E-state index contributed by atoms with van der Waals surface area (Å²) >= 11 is 0. The lowest BCUT2D eigenvalue weighted by Crippen LogP contribution is -2.60. The Labute approximate surface area is 224 Å². The second kappa shape index (κ2) is 11.4. The number of carbonyl (C=O) groups is 3. The van der Waals surface area contributed by atoms with E-state index in [4.69, 9.17) is 4.74 Å². The molecule has 212 valence electrons. The monoisotopic (exact) mass is 535 g/mol. The Bertz CT molecular complexity index is 1040. The number of hydrogen-bond acceptors (Lipinski definition) is 6. The van der Waals surface area contributed by atoms with Crippen LogP contribution >= 0.6 is 0 Å². The van der Waals surface area contributed by atoms with Crippen molar-refractivity contribution in [3.05, 3.63) is 35.1 Å². The molecule has 1 aromatic rings. The number of esters is 1. The van der Waals surface area contributed by atoms with Gasteiger partial charge < -0.3 is 30.7 Å². The van der Waals surface area contributed by atoms with Crippen molar-refractivity contribution in [2.24, 2.45) is 11.3 Å². The number of rotatable bonds is 6. The number of nitrogens with zero attached hydrogens (tertiary/aromatic N) is 2.